The van der Waals surface area contributed by atoms with Gasteiger partial charge in [0.15, 0.2) is 0 Å². The third-order valence-electron chi connectivity index (χ3n) is 1.33. The molecule has 1 aromatic heterocycles. The standard InChI is InChI=1S/C8H10BrClN2S/c1-8(2,4-10)13-7-6(9)3-11-5-12-7/h3,5H,4H2,1-2H3. The van der Waals surface area contributed by atoms with Gasteiger partial charge in [-0.05, 0) is 29.8 Å². The van der Waals surface area contributed by atoms with Crippen molar-refractivity contribution in [3.63, 3.8) is 0 Å². The van der Waals surface area contributed by atoms with E-state index >= 15 is 0 Å². The first kappa shape index (κ1) is 11.3. The molecule has 72 valence electrons. The van der Waals surface area contributed by atoms with Crippen LogP contribution in [0.2, 0.25) is 0 Å². The first-order valence-electron chi connectivity index (χ1n) is 3.75. The number of rotatable bonds is 3. The van der Waals surface area contributed by atoms with Crippen molar-refractivity contribution >= 4 is 39.3 Å². The molecule has 5 heteroatoms. The summed E-state index contributed by atoms with van der Waals surface area (Å²) < 4.78 is 0.913. The van der Waals surface area contributed by atoms with E-state index in [1.165, 1.54) is 6.33 Å². The van der Waals surface area contributed by atoms with Gasteiger partial charge in [-0.2, -0.15) is 0 Å². The van der Waals surface area contributed by atoms with Gasteiger partial charge in [0.25, 0.3) is 0 Å². The van der Waals surface area contributed by atoms with Gasteiger partial charge in [0.1, 0.15) is 11.4 Å². The summed E-state index contributed by atoms with van der Waals surface area (Å²) in [5.41, 5.74) is 0. The van der Waals surface area contributed by atoms with E-state index in [4.69, 9.17) is 11.6 Å². The molecule has 0 aromatic carbocycles. The fraction of sp³-hybridized carbons (Fsp3) is 0.500. The van der Waals surface area contributed by atoms with Crippen LogP contribution in [0.25, 0.3) is 0 Å². The zero-order chi connectivity index (χ0) is 9.90. The van der Waals surface area contributed by atoms with Crippen molar-refractivity contribution in [1.29, 1.82) is 0 Å². The van der Waals surface area contributed by atoms with Gasteiger partial charge in [0.2, 0.25) is 0 Å². The molecule has 0 atom stereocenters. The molecule has 0 unspecified atom stereocenters. The smallest absolute Gasteiger partial charge is 0.116 e. The predicted octanol–water partition coefficient (Wildman–Crippen LogP) is 3.35. The maximum Gasteiger partial charge on any atom is 0.116 e. The Balaban J connectivity index is 2.80. The minimum absolute atomic E-state index is 0.00156. The average Bonchev–Trinajstić information content (AvgIpc) is 2.09. The van der Waals surface area contributed by atoms with Crippen molar-refractivity contribution in [2.24, 2.45) is 0 Å². The lowest BCUT2D eigenvalue weighted by Crippen LogP contribution is -2.16. The molecule has 0 aliphatic rings. The van der Waals surface area contributed by atoms with Gasteiger partial charge in [0.05, 0.1) is 4.47 Å². The Morgan fingerprint density at radius 1 is 1.62 bits per heavy atom. The van der Waals surface area contributed by atoms with E-state index in [2.05, 4.69) is 39.7 Å². The highest BCUT2D eigenvalue weighted by atomic mass is 79.9. The lowest BCUT2D eigenvalue weighted by Gasteiger charge is -2.19. The molecule has 0 N–H and O–H groups in total. The fourth-order valence-electron chi connectivity index (χ4n) is 0.666. The Hall–Kier alpha value is 0.200. The normalized spacial score (nSPS) is 11.7. The van der Waals surface area contributed by atoms with Crippen molar-refractivity contribution in [1.82, 2.24) is 9.97 Å². The second kappa shape index (κ2) is 4.62. The number of hydrogen-bond acceptors (Lipinski definition) is 3. The summed E-state index contributed by atoms with van der Waals surface area (Å²) in [5.74, 6) is 0.591. The summed E-state index contributed by atoms with van der Waals surface area (Å²) in [6.07, 6.45) is 3.27. The van der Waals surface area contributed by atoms with E-state index in [9.17, 15) is 0 Å². The fourth-order valence-corrected chi connectivity index (χ4v) is 2.12. The van der Waals surface area contributed by atoms with E-state index in [1.54, 1.807) is 18.0 Å². The van der Waals surface area contributed by atoms with Crippen molar-refractivity contribution in [2.45, 2.75) is 23.6 Å². The van der Waals surface area contributed by atoms with Gasteiger partial charge in [-0.1, -0.05) is 11.8 Å². The molecule has 0 saturated carbocycles. The molecule has 2 nitrogen and oxygen atoms in total. The Morgan fingerprint density at radius 2 is 2.31 bits per heavy atom. The van der Waals surface area contributed by atoms with E-state index in [1.807, 2.05) is 0 Å². The lowest BCUT2D eigenvalue weighted by atomic mass is 10.2. The molecule has 0 saturated heterocycles. The van der Waals surface area contributed by atoms with E-state index in [-0.39, 0.29) is 4.75 Å². The highest BCUT2D eigenvalue weighted by molar-refractivity contribution is 9.10. The molecular formula is C8H10BrClN2S. The van der Waals surface area contributed by atoms with Crippen LogP contribution in [0.5, 0.6) is 0 Å². The molecule has 0 aliphatic heterocycles. The Kier molecular flexibility index (Phi) is 4.01. The van der Waals surface area contributed by atoms with Crippen LogP contribution >= 0.6 is 39.3 Å². The zero-order valence-corrected chi connectivity index (χ0v) is 10.6. The third kappa shape index (κ3) is 3.44. The highest BCUT2D eigenvalue weighted by Crippen LogP contribution is 2.35. The SMILES string of the molecule is CC(C)(CCl)Sc1ncncc1Br. The number of nitrogens with zero attached hydrogens (tertiary/aromatic N) is 2. The molecule has 1 aromatic rings. The Labute approximate surface area is 95.6 Å². The van der Waals surface area contributed by atoms with Crippen LogP contribution in [0.15, 0.2) is 22.0 Å². The van der Waals surface area contributed by atoms with E-state index < -0.39 is 0 Å². The molecular weight excluding hydrogens is 272 g/mol. The van der Waals surface area contributed by atoms with Crippen molar-refractivity contribution in [3.05, 3.63) is 17.0 Å². The van der Waals surface area contributed by atoms with Gasteiger partial charge in [-0.3, -0.25) is 0 Å². The maximum absolute atomic E-state index is 5.82. The second-order valence-electron chi connectivity index (χ2n) is 3.17. The largest absolute Gasteiger partial charge is 0.244 e. The molecule has 13 heavy (non-hydrogen) atoms. The van der Waals surface area contributed by atoms with E-state index in [0.717, 1.165) is 9.50 Å². The Morgan fingerprint density at radius 3 is 2.85 bits per heavy atom. The molecule has 0 bridgehead atoms. The highest BCUT2D eigenvalue weighted by Gasteiger charge is 2.20. The molecule has 0 fully saturated rings. The van der Waals surface area contributed by atoms with Crippen LogP contribution in [-0.2, 0) is 0 Å². The first-order valence-corrected chi connectivity index (χ1v) is 5.90. The number of alkyl halides is 1. The summed E-state index contributed by atoms with van der Waals surface area (Å²) in [4.78, 5) is 8.05. The molecule has 0 radical (unpaired) electrons. The van der Waals surface area contributed by atoms with Gasteiger partial charge in [0, 0.05) is 16.8 Å². The van der Waals surface area contributed by atoms with Crippen LogP contribution < -0.4 is 0 Å². The van der Waals surface area contributed by atoms with Crippen molar-refractivity contribution < 1.29 is 0 Å². The molecule has 0 spiro atoms. The minimum Gasteiger partial charge on any atom is -0.244 e. The molecule has 1 heterocycles. The molecule has 1 rings (SSSR count). The maximum atomic E-state index is 5.82. The number of aromatic nitrogens is 2. The topological polar surface area (TPSA) is 25.8 Å². The lowest BCUT2D eigenvalue weighted by molar-refractivity contribution is 0.805. The first-order chi connectivity index (χ1) is 6.05. The van der Waals surface area contributed by atoms with Gasteiger partial charge < -0.3 is 0 Å². The summed E-state index contributed by atoms with van der Waals surface area (Å²) in [5, 5.41) is 0.931. The third-order valence-corrected chi connectivity index (χ3v) is 4.21. The molecule has 0 amide bonds. The van der Waals surface area contributed by atoms with E-state index in [0.29, 0.717) is 5.88 Å². The Bertz CT molecular complexity index is 293. The van der Waals surface area contributed by atoms with Gasteiger partial charge >= 0.3 is 0 Å². The monoisotopic (exact) mass is 280 g/mol. The number of hydrogen-bond donors (Lipinski definition) is 0. The van der Waals surface area contributed by atoms with Crippen LogP contribution in [0.3, 0.4) is 0 Å². The van der Waals surface area contributed by atoms with Gasteiger partial charge in [-0.25, -0.2) is 9.97 Å². The van der Waals surface area contributed by atoms with Crippen LogP contribution in [0.1, 0.15) is 13.8 Å². The van der Waals surface area contributed by atoms with Crippen molar-refractivity contribution in [2.75, 3.05) is 5.88 Å². The van der Waals surface area contributed by atoms with Crippen LogP contribution in [0, 0.1) is 0 Å². The van der Waals surface area contributed by atoms with Crippen molar-refractivity contribution in [3.8, 4) is 0 Å². The number of thioether (sulfide) groups is 1. The summed E-state index contributed by atoms with van der Waals surface area (Å²) in [6, 6.07) is 0. The summed E-state index contributed by atoms with van der Waals surface area (Å²) in [7, 11) is 0. The second-order valence-corrected chi connectivity index (χ2v) is 5.99. The summed E-state index contributed by atoms with van der Waals surface area (Å²) >= 11 is 10.8. The van der Waals surface area contributed by atoms with Crippen LogP contribution in [0.4, 0.5) is 0 Å². The zero-order valence-electron chi connectivity index (χ0n) is 7.42. The average molecular weight is 282 g/mol. The quantitative estimate of drug-likeness (QED) is 0.483. The van der Waals surface area contributed by atoms with Crippen LogP contribution in [-0.4, -0.2) is 20.6 Å². The molecule has 0 aliphatic carbocycles. The summed E-state index contributed by atoms with van der Waals surface area (Å²) in [6.45, 7) is 4.17. The number of halogens is 2. The predicted molar refractivity (Wildman–Crippen MR) is 60.4 cm³/mol. The minimum atomic E-state index is -0.00156. The van der Waals surface area contributed by atoms with Gasteiger partial charge in [-0.15, -0.1) is 11.6 Å².